The number of nitrogens with zero attached hydrogens (tertiary/aromatic N) is 4. The molecule has 0 amide bonds. The first-order valence-electron chi connectivity index (χ1n) is 8.91. The summed E-state index contributed by atoms with van der Waals surface area (Å²) in [6.45, 7) is 7.90. The first-order valence-corrected chi connectivity index (χ1v) is 9.79. The van der Waals surface area contributed by atoms with E-state index in [0.29, 0.717) is 21.9 Å². The number of halogens is 1. The first-order chi connectivity index (χ1) is 13.0. The molecule has 8 heteroatoms. The van der Waals surface area contributed by atoms with Crippen LogP contribution in [0.5, 0.6) is 0 Å². The number of aryl methyl sites for hydroxylation is 1. The predicted octanol–water partition coefficient (Wildman–Crippen LogP) is 3.32. The fraction of sp³-hybridized carbons (Fsp3) is 0.400. The van der Waals surface area contributed by atoms with Gasteiger partial charge in [-0.3, -0.25) is 13.9 Å². The Hall–Kier alpha value is -2.48. The summed E-state index contributed by atoms with van der Waals surface area (Å²) < 4.78 is 15.7. The molecule has 28 heavy (non-hydrogen) atoms. The van der Waals surface area contributed by atoms with Crippen molar-refractivity contribution in [3.8, 4) is 0 Å². The highest BCUT2D eigenvalue weighted by Crippen LogP contribution is 2.37. The standard InChI is InChI=1S/C20H23FN4O2S/c1-11(12-7-9-13(21)10-8-12)28-16-14-15(22-18(23-16)20(2,3)4)24(5)19(27)25(6)17(14)26/h7-11H,1-6H3. The SMILES string of the molecule is CC(Sc1nc(C(C)(C)C)nc2c1c(=O)n(C)c(=O)n2C)c1ccc(F)cc1. The minimum atomic E-state index is -0.432. The fourth-order valence-electron chi connectivity index (χ4n) is 2.82. The lowest BCUT2D eigenvalue weighted by atomic mass is 9.96. The Morgan fingerprint density at radius 2 is 1.64 bits per heavy atom. The average molecular weight is 402 g/mol. The van der Waals surface area contributed by atoms with Crippen LogP contribution < -0.4 is 11.2 Å². The first kappa shape index (κ1) is 20.3. The van der Waals surface area contributed by atoms with Crippen LogP contribution in [0, 0.1) is 5.82 Å². The number of aromatic nitrogens is 4. The summed E-state index contributed by atoms with van der Waals surface area (Å²) in [5.41, 5.74) is 0.0182. The second-order valence-electron chi connectivity index (χ2n) is 7.82. The largest absolute Gasteiger partial charge is 0.332 e. The van der Waals surface area contributed by atoms with Crippen LogP contribution in [0.2, 0.25) is 0 Å². The second kappa shape index (κ2) is 7.16. The summed E-state index contributed by atoms with van der Waals surface area (Å²) in [6.07, 6.45) is 0. The molecule has 0 aliphatic heterocycles. The van der Waals surface area contributed by atoms with E-state index in [-0.39, 0.29) is 16.5 Å². The van der Waals surface area contributed by atoms with Crippen molar-refractivity contribution in [2.75, 3.05) is 0 Å². The molecule has 1 unspecified atom stereocenters. The van der Waals surface area contributed by atoms with Crippen LogP contribution in [0.25, 0.3) is 11.0 Å². The van der Waals surface area contributed by atoms with Crippen molar-refractivity contribution in [2.24, 2.45) is 14.1 Å². The molecule has 0 spiro atoms. The molecule has 1 atom stereocenters. The highest BCUT2D eigenvalue weighted by atomic mass is 32.2. The molecular formula is C20H23FN4O2S. The molecule has 0 radical (unpaired) electrons. The Morgan fingerprint density at radius 3 is 2.21 bits per heavy atom. The maximum absolute atomic E-state index is 13.2. The second-order valence-corrected chi connectivity index (χ2v) is 9.15. The Bertz CT molecular complexity index is 1160. The Kier molecular flexibility index (Phi) is 5.18. The quantitative estimate of drug-likeness (QED) is 0.497. The van der Waals surface area contributed by atoms with E-state index in [1.807, 2.05) is 27.7 Å². The molecule has 0 aliphatic rings. The van der Waals surface area contributed by atoms with Gasteiger partial charge in [-0.15, -0.1) is 0 Å². The van der Waals surface area contributed by atoms with Crippen LogP contribution >= 0.6 is 11.8 Å². The molecule has 2 heterocycles. The zero-order valence-electron chi connectivity index (χ0n) is 16.8. The van der Waals surface area contributed by atoms with Gasteiger partial charge in [-0.2, -0.15) is 0 Å². The molecule has 0 saturated carbocycles. The molecule has 3 rings (SSSR count). The van der Waals surface area contributed by atoms with Gasteiger partial charge in [0.25, 0.3) is 5.56 Å². The highest BCUT2D eigenvalue weighted by Gasteiger charge is 2.24. The third-order valence-corrected chi connectivity index (χ3v) is 5.71. The molecule has 148 valence electrons. The number of hydrogen-bond acceptors (Lipinski definition) is 5. The van der Waals surface area contributed by atoms with Crippen molar-refractivity contribution < 1.29 is 4.39 Å². The summed E-state index contributed by atoms with van der Waals surface area (Å²) in [5, 5.41) is 0.757. The topological polar surface area (TPSA) is 69.8 Å². The van der Waals surface area contributed by atoms with E-state index >= 15 is 0 Å². The Balaban J connectivity index is 2.26. The smallest absolute Gasteiger partial charge is 0.280 e. The van der Waals surface area contributed by atoms with Gasteiger partial charge in [0.1, 0.15) is 22.1 Å². The van der Waals surface area contributed by atoms with Gasteiger partial charge in [0, 0.05) is 24.8 Å². The van der Waals surface area contributed by atoms with Crippen LogP contribution in [0.1, 0.15) is 44.3 Å². The van der Waals surface area contributed by atoms with Gasteiger partial charge in [0.05, 0.1) is 0 Å². The molecule has 1 aromatic carbocycles. The van der Waals surface area contributed by atoms with E-state index in [2.05, 4.69) is 9.97 Å². The van der Waals surface area contributed by atoms with Crippen molar-refractivity contribution in [1.29, 1.82) is 0 Å². The van der Waals surface area contributed by atoms with Gasteiger partial charge < -0.3 is 0 Å². The van der Waals surface area contributed by atoms with Gasteiger partial charge in [-0.25, -0.2) is 19.2 Å². The molecule has 6 nitrogen and oxygen atoms in total. The lowest BCUT2D eigenvalue weighted by Gasteiger charge is -2.20. The summed E-state index contributed by atoms with van der Waals surface area (Å²) in [6, 6.07) is 6.26. The summed E-state index contributed by atoms with van der Waals surface area (Å²) in [4.78, 5) is 34.4. The number of rotatable bonds is 3. The monoisotopic (exact) mass is 402 g/mol. The van der Waals surface area contributed by atoms with Crippen LogP contribution in [-0.4, -0.2) is 19.1 Å². The Labute approximate surface area is 166 Å². The Morgan fingerprint density at radius 1 is 1.04 bits per heavy atom. The van der Waals surface area contributed by atoms with Crippen molar-refractivity contribution in [2.45, 2.75) is 43.4 Å². The predicted molar refractivity (Wildman–Crippen MR) is 109 cm³/mol. The molecule has 0 saturated heterocycles. The van der Waals surface area contributed by atoms with E-state index in [0.717, 1.165) is 10.1 Å². The molecule has 0 N–H and O–H groups in total. The molecule has 0 fully saturated rings. The molecule has 0 aliphatic carbocycles. The van der Waals surface area contributed by atoms with Gasteiger partial charge in [-0.05, 0) is 24.6 Å². The number of hydrogen-bond donors (Lipinski definition) is 0. The lowest BCUT2D eigenvalue weighted by Crippen LogP contribution is -2.38. The van der Waals surface area contributed by atoms with Gasteiger partial charge in [0.2, 0.25) is 0 Å². The van der Waals surface area contributed by atoms with E-state index in [1.54, 1.807) is 19.2 Å². The third-order valence-electron chi connectivity index (χ3n) is 4.57. The zero-order valence-corrected chi connectivity index (χ0v) is 17.6. The van der Waals surface area contributed by atoms with E-state index < -0.39 is 11.2 Å². The van der Waals surface area contributed by atoms with E-state index in [1.165, 1.54) is 35.5 Å². The number of thioether (sulfide) groups is 1. The minimum absolute atomic E-state index is 0.0755. The van der Waals surface area contributed by atoms with Crippen LogP contribution in [0.4, 0.5) is 4.39 Å². The number of fused-ring (bicyclic) bond motifs is 1. The zero-order chi connectivity index (χ0) is 20.8. The van der Waals surface area contributed by atoms with Crippen molar-refractivity contribution in [1.82, 2.24) is 19.1 Å². The number of benzene rings is 1. The lowest BCUT2D eigenvalue weighted by molar-refractivity contribution is 0.539. The normalized spacial score (nSPS) is 13.1. The summed E-state index contributed by atoms with van der Waals surface area (Å²) >= 11 is 1.40. The summed E-state index contributed by atoms with van der Waals surface area (Å²) in [5.74, 6) is 0.254. The fourth-order valence-corrected chi connectivity index (χ4v) is 3.88. The maximum Gasteiger partial charge on any atom is 0.332 e. The average Bonchev–Trinajstić information content (AvgIpc) is 2.63. The van der Waals surface area contributed by atoms with Crippen molar-refractivity contribution >= 4 is 22.8 Å². The maximum atomic E-state index is 13.2. The van der Waals surface area contributed by atoms with Gasteiger partial charge in [0.15, 0.2) is 5.65 Å². The van der Waals surface area contributed by atoms with Gasteiger partial charge in [-0.1, -0.05) is 44.7 Å². The van der Waals surface area contributed by atoms with Crippen molar-refractivity contribution in [3.05, 3.63) is 62.3 Å². The van der Waals surface area contributed by atoms with Crippen molar-refractivity contribution in [3.63, 3.8) is 0 Å². The van der Waals surface area contributed by atoms with E-state index in [9.17, 15) is 14.0 Å². The molecule has 3 aromatic rings. The minimum Gasteiger partial charge on any atom is -0.280 e. The molecule has 2 aromatic heterocycles. The van der Waals surface area contributed by atoms with E-state index in [4.69, 9.17) is 0 Å². The summed E-state index contributed by atoms with van der Waals surface area (Å²) in [7, 11) is 3.04. The van der Waals surface area contributed by atoms with Crippen LogP contribution in [0.3, 0.4) is 0 Å². The molecular weight excluding hydrogens is 379 g/mol. The van der Waals surface area contributed by atoms with Crippen LogP contribution in [0.15, 0.2) is 38.9 Å². The third kappa shape index (κ3) is 3.61. The van der Waals surface area contributed by atoms with Crippen LogP contribution in [-0.2, 0) is 19.5 Å². The van der Waals surface area contributed by atoms with Gasteiger partial charge >= 0.3 is 5.69 Å². The molecule has 0 bridgehead atoms. The highest BCUT2D eigenvalue weighted by molar-refractivity contribution is 7.99.